The normalized spacial score (nSPS) is 8.05. The molecule has 0 saturated heterocycles. The summed E-state index contributed by atoms with van der Waals surface area (Å²) in [4.78, 5) is 85.3. The van der Waals surface area contributed by atoms with Gasteiger partial charge in [-0.15, -0.1) is 4.98 Å². The van der Waals surface area contributed by atoms with Crippen LogP contribution in [-0.4, -0.2) is 78.0 Å². The first-order valence-corrected chi connectivity index (χ1v) is 38.0. The molecule has 0 saturated carbocycles. The number of rotatable bonds is 5. The van der Waals surface area contributed by atoms with Gasteiger partial charge < -0.3 is 49.6 Å². The minimum absolute atomic E-state index is 0. The van der Waals surface area contributed by atoms with Crippen LogP contribution in [0.5, 0.6) is 0 Å². The SMILES string of the molecule is CCI.CCOC(=O)C#CC(=O)OCC.CCOC(=O)c1cc(=O)[nH]cn1.NC(=O)c1cc(=O)[nH]cn1.[C-]#[N+]c1cc(Cl)ncn1.[CH3-].[CH3-].[I][V]([I])[I].[I][V][I]. The van der Waals surface area contributed by atoms with Gasteiger partial charge in [-0.3, -0.25) is 14.4 Å². The molecule has 0 aliphatic rings. The van der Waals surface area contributed by atoms with Gasteiger partial charge in [-0.1, -0.05) is 47.7 Å². The first-order chi connectivity index (χ1) is 25.0. The van der Waals surface area contributed by atoms with E-state index in [2.05, 4.69) is 178 Å². The van der Waals surface area contributed by atoms with Gasteiger partial charge in [-0.2, -0.15) is 0 Å². The second-order valence-corrected chi connectivity index (χ2v) is 56.3. The number of nitrogens with one attached hydrogen (secondary N) is 2. The van der Waals surface area contributed by atoms with E-state index in [1.165, 1.54) is 16.8 Å². The molecular formula is C29H36ClI6N8O9V2-2. The van der Waals surface area contributed by atoms with E-state index < -0.39 is 23.8 Å². The molecule has 0 unspecified atom stereocenters. The van der Waals surface area contributed by atoms with Crippen LogP contribution in [0.4, 0.5) is 5.82 Å². The topological polar surface area (TPSA) is 244 Å². The van der Waals surface area contributed by atoms with Crippen LogP contribution in [0.1, 0.15) is 48.7 Å². The summed E-state index contributed by atoms with van der Waals surface area (Å²) in [5.41, 5.74) is 4.08. The number of esters is 3. The Morgan fingerprint density at radius 2 is 1.22 bits per heavy atom. The molecular weight excluding hydrogens is 1500 g/mol. The second kappa shape index (κ2) is 48.0. The molecule has 3 rings (SSSR count). The monoisotopic (exact) mass is 1540 g/mol. The number of alkyl halides is 1. The van der Waals surface area contributed by atoms with E-state index in [0.717, 1.165) is 24.8 Å². The average molecular weight is 1540 g/mol. The second-order valence-electron chi connectivity index (χ2n) is 7.20. The number of halogens is 7. The van der Waals surface area contributed by atoms with Crippen molar-refractivity contribution in [1.29, 1.82) is 0 Å². The number of primary amides is 1. The summed E-state index contributed by atoms with van der Waals surface area (Å²) in [6, 6.07) is 3.55. The van der Waals surface area contributed by atoms with Crippen molar-refractivity contribution >= 4 is 164 Å². The van der Waals surface area contributed by atoms with Crippen molar-refractivity contribution in [3.05, 3.63) is 101 Å². The minimum atomic E-state index is -0.717. The average Bonchev–Trinajstić information content (AvgIpc) is 3.09. The molecule has 1 amide bonds. The van der Waals surface area contributed by atoms with E-state index in [-0.39, 0.29) is 67.9 Å². The van der Waals surface area contributed by atoms with Crippen LogP contribution in [0.25, 0.3) is 4.85 Å². The maximum absolute atomic E-state index is 11.0. The summed E-state index contributed by atoms with van der Waals surface area (Å²) in [7, 11) is 0.628. The summed E-state index contributed by atoms with van der Waals surface area (Å²) in [5.74, 6) is 1.52. The first-order valence-electron chi connectivity index (χ1n) is 13.6. The molecule has 3 aromatic rings. The fourth-order valence-corrected chi connectivity index (χ4v) is 2.15. The molecule has 3 aromatic heterocycles. The number of H-pyrrole nitrogens is 2. The molecule has 0 radical (unpaired) electrons. The van der Waals surface area contributed by atoms with E-state index in [0.29, 0.717) is 14.6 Å². The van der Waals surface area contributed by atoms with Crippen molar-refractivity contribution in [2.75, 3.05) is 24.2 Å². The Morgan fingerprint density at radius 3 is 1.51 bits per heavy atom. The number of carbonyl (C=O) groups is 4. The van der Waals surface area contributed by atoms with Gasteiger partial charge in [-0.05, 0) is 25.2 Å². The maximum atomic E-state index is 11.0. The standard InChI is InChI=1S/C8H10O4.C7H8N2O3.C5H2ClN3.C5H5N3O2.C2H5I.2CH3.5HI.2V/c1-3-11-7(9)5-6-8(10)12-4-2;1-2-12-7(11)5-3-6(10)9-4-8-5;1-7-5-2-4(6)8-3-9-5;6-5(10)3-1-4(9)8-2-7-3;1-2-3;;;;;;;;;/h3-4H2,1-2H3;3-4H,2H2,1H3,(H,8,9,10);2-3H;1-2H,(H2,6,10)(H,7,8,9);2H2,1H3;2*1H3;5*1H;;/q;;;;;2*-1;;;;;;+2;+3/p-5. The van der Waals surface area contributed by atoms with Crippen molar-refractivity contribution in [1.82, 2.24) is 29.9 Å². The summed E-state index contributed by atoms with van der Waals surface area (Å²) >= 11 is 19.8. The van der Waals surface area contributed by atoms with E-state index in [1.807, 2.05) is 11.8 Å². The third kappa shape index (κ3) is 49.7. The number of aromatic nitrogens is 6. The predicted octanol–water partition coefficient (Wildman–Crippen LogP) is 7.38. The van der Waals surface area contributed by atoms with Gasteiger partial charge in [0.15, 0.2) is 5.69 Å². The zero-order valence-corrected chi connectivity index (χ0v) is 46.3. The van der Waals surface area contributed by atoms with Crippen molar-refractivity contribution in [3.8, 4) is 11.8 Å². The van der Waals surface area contributed by atoms with Crippen molar-refractivity contribution < 1.29 is 47.8 Å². The Balaban J connectivity index is -0.000000133. The van der Waals surface area contributed by atoms with E-state index in [4.69, 9.17) is 23.9 Å². The van der Waals surface area contributed by atoms with Crippen LogP contribution in [0.2, 0.25) is 5.15 Å². The van der Waals surface area contributed by atoms with Crippen LogP contribution < -0.4 is 16.9 Å². The molecule has 0 aliphatic heterocycles. The van der Waals surface area contributed by atoms with Gasteiger partial charge in [0.25, 0.3) is 22.8 Å². The quantitative estimate of drug-likeness (QED) is 0.0331. The van der Waals surface area contributed by atoms with Crippen LogP contribution in [0.15, 0.2) is 46.8 Å². The summed E-state index contributed by atoms with van der Waals surface area (Å²) in [6.07, 6.45) is 3.55. The van der Waals surface area contributed by atoms with Gasteiger partial charge in [-0.25, -0.2) is 29.3 Å². The molecule has 0 bridgehead atoms. The molecule has 0 fully saturated rings. The van der Waals surface area contributed by atoms with E-state index in [9.17, 15) is 28.8 Å². The van der Waals surface area contributed by atoms with Crippen LogP contribution in [0.3, 0.4) is 0 Å². The number of nitrogens with zero attached hydrogens (tertiary/aromatic N) is 5. The van der Waals surface area contributed by atoms with Crippen molar-refractivity contribution in [2.45, 2.75) is 27.7 Å². The van der Waals surface area contributed by atoms with Gasteiger partial charge in [0.2, 0.25) is 6.33 Å². The Labute approximate surface area is 405 Å². The Hall–Kier alpha value is -0.391. The summed E-state index contributed by atoms with van der Waals surface area (Å²) in [5, 5.41) is 0.302. The number of aromatic amines is 2. The van der Waals surface area contributed by atoms with Gasteiger partial charge in [0.05, 0.1) is 32.5 Å². The molecule has 4 N–H and O–H groups in total. The zero-order valence-electron chi connectivity index (χ0n) is 29.8. The fraction of sp³-hybridized carbons (Fsp3) is 0.276. The van der Waals surface area contributed by atoms with Gasteiger partial charge in [0.1, 0.15) is 10.8 Å². The van der Waals surface area contributed by atoms with Crippen LogP contribution >= 0.6 is 134 Å². The van der Waals surface area contributed by atoms with Gasteiger partial charge in [0, 0.05) is 30.0 Å². The van der Waals surface area contributed by atoms with Crippen LogP contribution in [-0.2, 0) is 38.2 Å². The fourth-order valence-electron chi connectivity index (χ4n) is 2.01. The number of nitrogens with two attached hydrogens (primary N) is 1. The predicted molar refractivity (Wildman–Crippen MR) is 256 cm³/mol. The number of hydrogen-bond donors (Lipinski definition) is 3. The molecule has 0 spiro atoms. The van der Waals surface area contributed by atoms with E-state index in [1.54, 1.807) is 20.8 Å². The zero-order chi connectivity index (χ0) is 41.6. The van der Waals surface area contributed by atoms with Gasteiger partial charge >= 0.3 is 132 Å². The molecule has 0 aromatic carbocycles. The first kappa shape index (κ1) is 66.4. The van der Waals surface area contributed by atoms with Crippen molar-refractivity contribution in [3.63, 3.8) is 0 Å². The number of amides is 1. The number of hydrogen-bond acceptors (Lipinski definition) is 13. The molecule has 0 aliphatic carbocycles. The summed E-state index contributed by atoms with van der Waals surface area (Å²) in [6.45, 7) is 14.4. The molecule has 26 heteroatoms. The molecule has 307 valence electrons. The Bertz CT molecular complexity index is 1690. The third-order valence-electron chi connectivity index (χ3n) is 3.64. The number of ether oxygens (including phenoxy) is 3. The Kier molecular flexibility index (Phi) is 57.9. The molecule has 55 heavy (non-hydrogen) atoms. The van der Waals surface area contributed by atoms with Crippen molar-refractivity contribution in [2.24, 2.45) is 5.73 Å². The molecule has 0 atom stereocenters. The van der Waals surface area contributed by atoms with E-state index >= 15 is 0 Å². The number of carbonyl (C=O) groups excluding carboxylic acids is 4. The summed E-state index contributed by atoms with van der Waals surface area (Å²) < 4.78 is 14.7. The Morgan fingerprint density at radius 1 is 0.836 bits per heavy atom. The third-order valence-corrected chi connectivity index (χ3v) is 3.85. The molecule has 3 heterocycles. The molecule has 17 nitrogen and oxygen atoms in total. The van der Waals surface area contributed by atoms with Crippen LogP contribution in [0, 0.1) is 33.3 Å².